The number of hydrogen-bond acceptors (Lipinski definition) is 6. The normalized spacial score (nSPS) is 14.8. The number of amides is 1. The van der Waals surface area contributed by atoms with Crippen molar-refractivity contribution in [1.29, 1.82) is 0 Å². The van der Waals surface area contributed by atoms with Crippen molar-refractivity contribution in [2.24, 2.45) is 4.99 Å². The van der Waals surface area contributed by atoms with E-state index in [2.05, 4.69) is 46.9 Å². The summed E-state index contributed by atoms with van der Waals surface area (Å²) in [6.45, 7) is 3.23. The lowest BCUT2D eigenvalue weighted by molar-refractivity contribution is -0.122. The van der Waals surface area contributed by atoms with Gasteiger partial charge in [0, 0.05) is 0 Å². The van der Waals surface area contributed by atoms with Gasteiger partial charge in [0.2, 0.25) is 0 Å². The first kappa shape index (κ1) is 30.7. The summed E-state index contributed by atoms with van der Waals surface area (Å²) in [5.74, 6) is 1.99. The number of fused-ring (bicyclic) bond motifs is 1. The highest BCUT2D eigenvalue weighted by atomic mass is 127. The molecule has 0 N–H and O–H groups in total. The van der Waals surface area contributed by atoms with E-state index in [1.165, 1.54) is 22.5 Å². The van der Waals surface area contributed by atoms with Crippen LogP contribution < -0.4 is 14.2 Å². The summed E-state index contributed by atoms with van der Waals surface area (Å²) in [6.07, 6.45) is 1.90. The van der Waals surface area contributed by atoms with Crippen molar-refractivity contribution in [3.8, 4) is 17.2 Å². The molecule has 1 aliphatic heterocycles. The zero-order chi connectivity index (χ0) is 31.2. The van der Waals surface area contributed by atoms with Gasteiger partial charge in [-0.15, -0.1) is 0 Å². The van der Waals surface area contributed by atoms with Crippen LogP contribution in [0.1, 0.15) is 23.6 Å². The number of rotatable bonds is 10. The van der Waals surface area contributed by atoms with Crippen LogP contribution in [-0.2, 0) is 17.9 Å². The highest BCUT2D eigenvalue weighted by Gasteiger charge is 2.33. The number of amidine groups is 1. The van der Waals surface area contributed by atoms with E-state index in [0.717, 1.165) is 31.7 Å². The Morgan fingerprint density at radius 1 is 0.889 bits per heavy atom. The summed E-state index contributed by atoms with van der Waals surface area (Å²) in [6, 6.07) is 35.9. The molecule has 0 unspecified atom stereocenters. The Balaban J connectivity index is 1.29. The van der Waals surface area contributed by atoms with Gasteiger partial charge in [-0.2, -0.15) is 0 Å². The average Bonchev–Trinajstić information content (AvgIpc) is 3.34. The molecular weight excluding hydrogens is 695 g/mol. The van der Waals surface area contributed by atoms with Crippen LogP contribution in [0.4, 0.5) is 5.69 Å². The Morgan fingerprint density at radius 2 is 1.64 bits per heavy atom. The third-order valence-corrected chi connectivity index (χ3v) is 9.06. The molecule has 226 valence electrons. The van der Waals surface area contributed by atoms with Gasteiger partial charge >= 0.3 is 0 Å². The van der Waals surface area contributed by atoms with Gasteiger partial charge in [0.05, 0.1) is 34.4 Å². The summed E-state index contributed by atoms with van der Waals surface area (Å²) in [7, 11) is 1.64. The van der Waals surface area contributed by atoms with Crippen molar-refractivity contribution in [1.82, 2.24) is 4.90 Å². The number of halogens is 1. The number of hydrogen-bond donors (Lipinski definition) is 0. The number of carbonyl (C=O) groups excluding carboxylic acids is 1. The summed E-state index contributed by atoms with van der Waals surface area (Å²) in [5.41, 5.74) is 3.72. The number of thioether (sulfide) groups is 1. The number of benzene rings is 5. The van der Waals surface area contributed by atoms with Gasteiger partial charge in [0.25, 0.3) is 5.91 Å². The monoisotopic (exact) mass is 726 g/mol. The number of para-hydroxylation sites is 1. The van der Waals surface area contributed by atoms with E-state index in [0.29, 0.717) is 41.3 Å². The number of methoxy groups -OCH3 is 1. The minimum atomic E-state index is -0.102. The number of carbonyl (C=O) groups is 1. The maximum Gasteiger partial charge on any atom is 0.267 e. The molecule has 8 heteroatoms. The fourth-order valence-electron chi connectivity index (χ4n) is 5.05. The summed E-state index contributed by atoms with van der Waals surface area (Å²) < 4.78 is 18.6. The molecular formula is C37H31IN2O4S. The second kappa shape index (κ2) is 14.2. The van der Waals surface area contributed by atoms with Gasteiger partial charge < -0.3 is 14.2 Å². The largest absolute Gasteiger partial charge is 0.497 e. The van der Waals surface area contributed by atoms with Crippen LogP contribution in [0.15, 0.2) is 119 Å². The fraction of sp³-hybridized carbons (Fsp3) is 0.135. The van der Waals surface area contributed by atoms with E-state index in [4.69, 9.17) is 19.2 Å². The highest BCUT2D eigenvalue weighted by Crippen LogP contribution is 2.39. The number of ether oxygens (including phenoxy) is 3. The topological polar surface area (TPSA) is 60.4 Å². The molecule has 6 rings (SSSR count). The first-order valence-corrected chi connectivity index (χ1v) is 16.5. The molecule has 45 heavy (non-hydrogen) atoms. The molecule has 0 atom stereocenters. The quantitative estimate of drug-likeness (QED) is 0.106. The maximum atomic E-state index is 13.8. The van der Waals surface area contributed by atoms with Crippen molar-refractivity contribution in [3.05, 3.63) is 134 Å². The van der Waals surface area contributed by atoms with Crippen LogP contribution in [0.25, 0.3) is 16.8 Å². The first-order chi connectivity index (χ1) is 22.0. The van der Waals surface area contributed by atoms with Crippen molar-refractivity contribution >= 4 is 68.0 Å². The van der Waals surface area contributed by atoms with Crippen LogP contribution >= 0.6 is 34.4 Å². The molecule has 0 bridgehead atoms. The van der Waals surface area contributed by atoms with E-state index in [9.17, 15) is 4.79 Å². The molecule has 1 amide bonds. The zero-order valence-corrected chi connectivity index (χ0v) is 27.9. The Labute approximate surface area is 280 Å². The minimum Gasteiger partial charge on any atom is -0.497 e. The molecule has 0 spiro atoms. The molecule has 1 aliphatic rings. The molecule has 1 saturated heterocycles. The minimum absolute atomic E-state index is 0.102. The average molecular weight is 727 g/mol. The molecule has 0 radical (unpaired) electrons. The standard InChI is InChI=1S/C37H31IN2O4S/c1-3-43-33-21-26(20-32(38)35(33)44-24-28-12-9-11-27-10-7-8-15-31(27)28)22-34-36(41)40(23-25-16-18-30(42-2)19-17-25)37(45-34)39-29-13-5-4-6-14-29/h4-22H,3,23-24H2,1-2H3/b34-22-,39-37?. The molecule has 0 aliphatic carbocycles. The third kappa shape index (κ3) is 7.18. The lowest BCUT2D eigenvalue weighted by Crippen LogP contribution is -2.28. The van der Waals surface area contributed by atoms with E-state index in [-0.39, 0.29) is 5.91 Å². The number of aliphatic imine (C=N–C) groups is 1. The van der Waals surface area contributed by atoms with Gasteiger partial charge in [-0.25, -0.2) is 4.99 Å². The van der Waals surface area contributed by atoms with Crippen LogP contribution in [0.2, 0.25) is 0 Å². The Hall–Kier alpha value is -4.28. The van der Waals surface area contributed by atoms with Gasteiger partial charge in [-0.05, 0) is 111 Å². The summed E-state index contributed by atoms with van der Waals surface area (Å²) in [5, 5.41) is 2.97. The molecule has 5 aromatic carbocycles. The lowest BCUT2D eigenvalue weighted by Gasteiger charge is -2.16. The second-order valence-electron chi connectivity index (χ2n) is 10.3. The van der Waals surface area contributed by atoms with Crippen LogP contribution in [0.3, 0.4) is 0 Å². The molecule has 1 fully saturated rings. The first-order valence-electron chi connectivity index (χ1n) is 14.6. The van der Waals surface area contributed by atoms with Gasteiger partial charge in [0.15, 0.2) is 16.7 Å². The van der Waals surface area contributed by atoms with Gasteiger partial charge in [0.1, 0.15) is 12.4 Å². The summed E-state index contributed by atoms with van der Waals surface area (Å²) in [4.78, 5) is 21.0. The second-order valence-corrected chi connectivity index (χ2v) is 12.4. The Kier molecular flexibility index (Phi) is 9.71. The molecule has 1 heterocycles. The zero-order valence-electron chi connectivity index (χ0n) is 24.9. The van der Waals surface area contributed by atoms with E-state index >= 15 is 0 Å². The predicted molar refractivity (Wildman–Crippen MR) is 191 cm³/mol. The lowest BCUT2D eigenvalue weighted by atomic mass is 10.1. The maximum absolute atomic E-state index is 13.8. The van der Waals surface area contributed by atoms with Crippen LogP contribution in [0, 0.1) is 3.57 Å². The third-order valence-electron chi connectivity index (χ3n) is 7.25. The van der Waals surface area contributed by atoms with Gasteiger partial charge in [-0.3, -0.25) is 9.69 Å². The summed E-state index contributed by atoms with van der Waals surface area (Å²) >= 11 is 3.65. The van der Waals surface area contributed by atoms with Crippen LogP contribution in [0.5, 0.6) is 17.2 Å². The smallest absolute Gasteiger partial charge is 0.267 e. The Bertz CT molecular complexity index is 1890. The molecule has 0 saturated carbocycles. The van der Waals surface area contributed by atoms with E-state index < -0.39 is 0 Å². The van der Waals surface area contributed by atoms with E-state index in [1.807, 2.05) is 97.9 Å². The van der Waals surface area contributed by atoms with Crippen molar-refractivity contribution in [2.75, 3.05) is 13.7 Å². The molecule has 0 aromatic heterocycles. The molecule has 5 aromatic rings. The Morgan fingerprint density at radius 3 is 2.42 bits per heavy atom. The SMILES string of the molecule is CCOc1cc(/C=C2\SC(=Nc3ccccc3)N(Cc3ccc(OC)cc3)C2=O)cc(I)c1OCc1cccc2ccccc12. The predicted octanol–water partition coefficient (Wildman–Crippen LogP) is 9.23. The number of nitrogens with zero attached hydrogens (tertiary/aromatic N) is 2. The van der Waals surface area contributed by atoms with Crippen molar-refractivity contribution in [2.45, 2.75) is 20.1 Å². The van der Waals surface area contributed by atoms with E-state index in [1.54, 1.807) is 12.0 Å². The van der Waals surface area contributed by atoms with Crippen LogP contribution in [-0.4, -0.2) is 29.7 Å². The van der Waals surface area contributed by atoms with Crippen molar-refractivity contribution < 1.29 is 19.0 Å². The fourth-order valence-corrected chi connectivity index (χ4v) is 6.83. The van der Waals surface area contributed by atoms with Gasteiger partial charge in [-0.1, -0.05) is 72.8 Å². The highest BCUT2D eigenvalue weighted by molar-refractivity contribution is 14.1. The molecule has 6 nitrogen and oxygen atoms in total. The van der Waals surface area contributed by atoms with Crippen molar-refractivity contribution in [3.63, 3.8) is 0 Å².